The quantitative estimate of drug-likeness (QED) is 0.832. The lowest BCUT2D eigenvalue weighted by Crippen LogP contribution is -2.36. The van der Waals surface area contributed by atoms with Crippen LogP contribution in [0.25, 0.3) is 0 Å². The van der Waals surface area contributed by atoms with E-state index in [1.165, 1.54) is 0 Å². The Morgan fingerprint density at radius 2 is 1.95 bits per heavy atom. The summed E-state index contributed by atoms with van der Waals surface area (Å²) < 4.78 is 0.919. The molecule has 2 nitrogen and oxygen atoms in total. The van der Waals surface area contributed by atoms with Crippen molar-refractivity contribution in [1.29, 1.82) is 0 Å². The molecule has 0 aliphatic carbocycles. The molecule has 0 aliphatic rings. The molecule has 2 aromatic carbocycles. The largest absolute Gasteiger partial charge is 0.394 e. The molecule has 0 amide bonds. The van der Waals surface area contributed by atoms with E-state index in [2.05, 4.69) is 21.2 Å². The second kappa shape index (κ2) is 6.17. The smallest absolute Gasteiger partial charge is 0.0842 e. The molecule has 0 radical (unpaired) electrons. The van der Waals surface area contributed by atoms with Crippen LogP contribution in [0.5, 0.6) is 0 Å². The van der Waals surface area contributed by atoms with Gasteiger partial charge in [-0.3, -0.25) is 0 Å². The minimum Gasteiger partial charge on any atom is -0.394 e. The molecule has 0 heterocycles. The standard InChI is InChI=1S/C16H17BrClNO/c1-11-5-3-4-6-15(11)19-16(2,10-20)13-8-7-12(17)9-14(13)18/h3-9,19-20H,10H2,1-2H3. The van der Waals surface area contributed by atoms with Crippen molar-refractivity contribution in [3.63, 3.8) is 0 Å². The van der Waals surface area contributed by atoms with Crippen molar-refractivity contribution in [2.75, 3.05) is 11.9 Å². The molecular formula is C16H17BrClNO. The van der Waals surface area contributed by atoms with Crippen LogP contribution < -0.4 is 5.32 Å². The van der Waals surface area contributed by atoms with Crippen LogP contribution in [0.4, 0.5) is 5.69 Å². The van der Waals surface area contributed by atoms with Crippen molar-refractivity contribution in [3.05, 3.63) is 63.1 Å². The van der Waals surface area contributed by atoms with Crippen LogP contribution in [0.1, 0.15) is 18.1 Å². The predicted octanol–water partition coefficient (Wildman–Crippen LogP) is 4.73. The Kier molecular flexibility index (Phi) is 4.74. The molecule has 2 aromatic rings. The highest BCUT2D eigenvalue weighted by atomic mass is 79.9. The van der Waals surface area contributed by atoms with Gasteiger partial charge >= 0.3 is 0 Å². The summed E-state index contributed by atoms with van der Waals surface area (Å²) in [5, 5.41) is 13.9. The first-order valence-electron chi connectivity index (χ1n) is 6.36. The first kappa shape index (κ1) is 15.4. The van der Waals surface area contributed by atoms with Gasteiger partial charge in [-0.15, -0.1) is 0 Å². The lowest BCUT2D eigenvalue weighted by molar-refractivity contribution is 0.224. The van der Waals surface area contributed by atoms with Gasteiger partial charge < -0.3 is 10.4 Å². The summed E-state index contributed by atoms with van der Waals surface area (Å²) in [6.45, 7) is 3.92. The zero-order valence-electron chi connectivity index (χ0n) is 11.5. The van der Waals surface area contributed by atoms with Crippen LogP contribution in [-0.2, 0) is 5.54 Å². The van der Waals surface area contributed by atoms with Gasteiger partial charge in [0.05, 0.1) is 12.1 Å². The SMILES string of the molecule is Cc1ccccc1NC(C)(CO)c1ccc(Br)cc1Cl. The normalized spacial score (nSPS) is 13.8. The van der Waals surface area contributed by atoms with Gasteiger partial charge in [0, 0.05) is 15.2 Å². The lowest BCUT2D eigenvalue weighted by atomic mass is 9.92. The van der Waals surface area contributed by atoms with Crippen molar-refractivity contribution >= 4 is 33.2 Å². The zero-order chi connectivity index (χ0) is 14.8. The van der Waals surface area contributed by atoms with Crippen LogP contribution in [0.15, 0.2) is 46.9 Å². The summed E-state index contributed by atoms with van der Waals surface area (Å²) in [6, 6.07) is 13.7. The maximum atomic E-state index is 9.85. The maximum Gasteiger partial charge on any atom is 0.0842 e. The maximum absolute atomic E-state index is 9.85. The number of rotatable bonds is 4. The molecule has 0 fully saturated rings. The van der Waals surface area contributed by atoms with Crippen molar-refractivity contribution in [1.82, 2.24) is 0 Å². The number of halogens is 2. The summed E-state index contributed by atoms with van der Waals surface area (Å²) in [5.41, 5.74) is 2.35. The third-order valence-corrected chi connectivity index (χ3v) is 4.20. The van der Waals surface area contributed by atoms with E-state index in [9.17, 15) is 5.11 Å². The van der Waals surface area contributed by atoms with E-state index in [1.807, 2.05) is 56.3 Å². The van der Waals surface area contributed by atoms with Gasteiger partial charge in [-0.2, -0.15) is 0 Å². The number of aliphatic hydroxyl groups excluding tert-OH is 1. The van der Waals surface area contributed by atoms with Gasteiger partial charge in [-0.1, -0.05) is 51.8 Å². The summed E-state index contributed by atoms with van der Waals surface area (Å²) >= 11 is 9.71. The van der Waals surface area contributed by atoms with Gasteiger partial charge in [0.25, 0.3) is 0 Å². The molecule has 4 heteroatoms. The van der Waals surface area contributed by atoms with Gasteiger partial charge in [0.15, 0.2) is 0 Å². The van der Waals surface area contributed by atoms with Gasteiger partial charge in [-0.25, -0.2) is 0 Å². The first-order chi connectivity index (χ1) is 9.46. The number of aryl methyl sites for hydroxylation is 1. The zero-order valence-corrected chi connectivity index (χ0v) is 13.8. The molecule has 0 spiro atoms. The van der Waals surface area contributed by atoms with Crippen molar-refractivity contribution in [2.45, 2.75) is 19.4 Å². The number of para-hydroxylation sites is 1. The number of nitrogens with one attached hydrogen (secondary N) is 1. The fourth-order valence-electron chi connectivity index (χ4n) is 2.14. The Hall–Kier alpha value is -1.03. The van der Waals surface area contributed by atoms with Gasteiger partial charge in [0.1, 0.15) is 0 Å². The number of aliphatic hydroxyl groups is 1. The molecule has 0 saturated carbocycles. The second-order valence-corrected chi connectivity index (χ2v) is 6.38. The number of benzene rings is 2. The minimum atomic E-state index is -0.635. The van der Waals surface area contributed by atoms with E-state index < -0.39 is 5.54 Å². The predicted molar refractivity (Wildman–Crippen MR) is 88.4 cm³/mol. The monoisotopic (exact) mass is 353 g/mol. The molecule has 1 atom stereocenters. The fraction of sp³-hybridized carbons (Fsp3) is 0.250. The Balaban J connectivity index is 2.41. The molecule has 20 heavy (non-hydrogen) atoms. The number of anilines is 1. The highest BCUT2D eigenvalue weighted by Gasteiger charge is 2.28. The number of hydrogen-bond acceptors (Lipinski definition) is 2. The average molecular weight is 355 g/mol. The Labute approximate surface area is 132 Å². The molecule has 106 valence electrons. The minimum absolute atomic E-state index is 0.0529. The van der Waals surface area contributed by atoms with Crippen molar-refractivity contribution in [2.24, 2.45) is 0 Å². The highest BCUT2D eigenvalue weighted by Crippen LogP contribution is 2.33. The second-order valence-electron chi connectivity index (χ2n) is 5.05. The van der Waals surface area contributed by atoms with Crippen LogP contribution in [-0.4, -0.2) is 11.7 Å². The van der Waals surface area contributed by atoms with Gasteiger partial charge in [0.2, 0.25) is 0 Å². The van der Waals surface area contributed by atoms with Crippen LogP contribution >= 0.6 is 27.5 Å². The average Bonchev–Trinajstić information content (AvgIpc) is 2.41. The van der Waals surface area contributed by atoms with E-state index in [1.54, 1.807) is 0 Å². The Morgan fingerprint density at radius 1 is 1.25 bits per heavy atom. The fourth-order valence-corrected chi connectivity index (χ4v) is 3.02. The van der Waals surface area contributed by atoms with Gasteiger partial charge in [-0.05, 0) is 43.2 Å². The summed E-state index contributed by atoms with van der Waals surface area (Å²) in [5.74, 6) is 0. The van der Waals surface area contributed by atoms with Crippen molar-refractivity contribution < 1.29 is 5.11 Å². The lowest BCUT2D eigenvalue weighted by Gasteiger charge is -2.32. The Morgan fingerprint density at radius 3 is 2.55 bits per heavy atom. The summed E-state index contributed by atoms with van der Waals surface area (Å²) in [7, 11) is 0. The van der Waals surface area contributed by atoms with E-state index in [4.69, 9.17) is 11.6 Å². The third kappa shape index (κ3) is 3.17. The molecule has 2 N–H and O–H groups in total. The molecule has 0 saturated heterocycles. The highest BCUT2D eigenvalue weighted by molar-refractivity contribution is 9.10. The molecule has 0 aliphatic heterocycles. The Bertz CT molecular complexity index is 617. The first-order valence-corrected chi connectivity index (χ1v) is 7.53. The van der Waals surface area contributed by atoms with Crippen molar-refractivity contribution in [3.8, 4) is 0 Å². The van der Waals surface area contributed by atoms with Crippen LogP contribution in [0.2, 0.25) is 5.02 Å². The van der Waals surface area contributed by atoms with E-state index >= 15 is 0 Å². The van der Waals surface area contributed by atoms with E-state index in [0.717, 1.165) is 21.3 Å². The van der Waals surface area contributed by atoms with Crippen LogP contribution in [0, 0.1) is 6.92 Å². The van der Waals surface area contributed by atoms with Crippen LogP contribution in [0.3, 0.4) is 0 Å². The molecular weight excluding hydrogens is 338 g/mol. The number of hydrogen-bond donors (Lipinski definition) is 2. The molecule has 1 unspecified atom stereocenters. The summed E-state index contributed by atoms with van der Waals surface area (Å²) in [6.07, 6.45) is 0. The molecule has 0 aromatic heterocycles. The molecule has 0 bridgehead atoms. The third-order valence-electron chi connectivity index (χ3n) is 3.40. The summed E-state index contributed by atoms with van der Waals surface area (Å²) in [4.78, 5) is 0. The van der Waals surface area contributed by atoms with E-state index in [-0.39, 0.29) is 6.61 Å². The topological polar surface area (TPSA) is 32.3 Å². The van der Waals surface area contributed by atoms with E-state index in [0.29, 0.717) is 5.02 Å². The molecule has 2 rings (SSSR count).